The number of nitrogens with zero attached hydrogens (tertiary/aromatic N) is 3. The molecule has 2 aromatic carbocycles. The lowest BCUT2D eigenvalue weighted by Crippen LogP contribution is -1.99. The van der Waals surface area contributed by atoms with E-state index in [0.29, 0.717) is 11.3 Å². The third-order valence-corrected chi connectivity index (χ3v) is 3.28. The number of para-hydroxylation sites is 1. The van der Waals surface area contributed by atoms with E-state index in [1.165, 1.54) is 0 Å². The smallest absolute Gasteiger partial charge is 0.311 e. The predicted molar refractivity (Wildman–Crippen MR) is 78.9 cm³/mol. The lowest BCUT2D eigenvalue weighted by atomic mass is 10.2. The molecule has 0 unspecified atom stereocenters. The van der Waals surface area contributed by atoms with Crippen LogP contribution < -0.4 is 5.32 Å². The van der Waals surface area contributed by atoms with Crippen LogP contribution in [0.1, 0.15) is 0 Å². The van der Waals surface area contributed by atoms with E-state index < -0.39 is 6.08 Å². The first kappa shape index (κ1) is 11.8. The van der Waals surface area contributed by atoms with Crippen LogP contribution >= 0.6 is 0 Å². The van der Waals surface area contributed by atoms with Crippen molar-refractivity contribution in [1.29, 1.82) is 0 Å². The van der Waals surface area contributed by atoms with E-state index in [4.69, 9.17) is 0 Å². The van der Waals surface area contributed by atoms with Crippen LogP contribution in [0.3, 0.4) is 0 Å². The molecule has 0 bridgehead atoms. The Labute approximate surface area is 118 Å². The average Bonchev–Trinajstić information content (AvgIpc) is 2.94. The van der Waals surface area contributed by atoms with Gasteiger partial charge in [-0.15, -0.1) is 0 Å². The van der Waals surface area contributed by atoms with Gasteiger partial charge in [-0.25, -0.2) is 4.98 Å². The maximum Gasteiger partial charge on any atom is 0.311 e. The minimum Gasteiger partial charge on any atom is -0.340 e. The van der Waals surface area contributed by atoms with Crippen LogP contribution in [-0.2, 0) is 0 Å². The van der Waals surface area contributed by atoms with Crippen molar-refractivity contribution in [3.05, 3.63) is 54.7 Å². The third-order valence-electron chi connectivity index (χ3n) is 3.28. The van der Waals surface area contributed by atoms with Gasteiger partial charge in [0.1, 0.15) is 5.82 Å². The molecule has 0 aliphatic rings. The van der Waals surface area contributed by atoms with Gasteiger partial charge in [0, 0.05) is 16.5 Å². The Morgan fingerprint density at radius 1 is 1.05 bits per heavy atom. The van der Waals surface area contributed by atoms with Crippen LogP contribution in [0.4, 0.5) is 15.9 Å². The van der Waals surface area contributed by atoms with Crippen LogP contribution in [-0.4, -0.2) is 20.2 Å². The van der Waals surface area contributed by atoms with Gasteiger partial charge >= 0.3 is 6.08 Å². The number of aromatic nitrogens is 4. The number of hydrogen-bond donors (Lipinski definition) is 2. The molecule has 0 spiro atoms. The summed E-state index contributed by atoms with van der Waals surface area (Å²) in [6.07, 6.45) is 0.986. The number of H-pyrrole nitrogens is 1. The summed E-state index contributed by atoms with van der Waals surface area (Å²) >= 11 is 0. The van der Waals surface area contributed by atoms with Gasteiger partial charge in [-0.1, -0.05) is 12.1 Å². The minimum atomic E-state index is -0.749. The fourth-order valence-corrected chi connectivity index (χ4v) is 2.30. The van der Waals surface area contributed by atoms with Gasteiger partial charge in [-0.3, -0.25) is 5.10 Å². The molecule has 0 saturated heterocycles. The van der Waals surface area contributed by atoms with Crippen molar-refractivity contribution in [3.8, 4) is 0 Å². The molecule has 4 aromatic rings. The molecule has 0 radical (unpaired) electrons. The Bertz CT molecular complexity index is 947. The quantitative estimate of drug-likeness (QED) is 0.552. The lowest BCUT2D eigenvalue weighted by Gasteiger charge is -2.08. The van der Waals surface area contributed by atoms with Crippen molar-refractivity contribution in [2.75, 3.05) is 5.32 Å². The van der Waals surface area contributed by atoms with Gasteiger partial charge < -0.3 is 5.32 Å². The van der Waals surface area contributed by atoms with E-state index in [2.05, 4.69) is 25.5 Å². The fraction of sp³-hybridized carbons (Fsp3) is 0. The highest BCUT2D eigenvalue weighted by atomic mass is 19.1. The van der Waals surface area contributed by atoms with Gasteiger partial charge in [-0.2, -0.15) is 14.5 Å². The molecular weight excluding hydrogens is 269 g/mol. The molecule has 0 saturated carbocycles. The summed E-state index contributed by atoms with van der Waals surface area (Å²) in [5.74, 6) is 0.445. The van der Waals surface area contributed by atoms with Crippen molar-refractivity contribution in [2.45, 2.75) is 0 Å². The number of benzene rings is 2. The number of fused-ring (bicyclic) bond motifs is 2. The normalized spacial score (nSPS) is 11.1. The highest BCUT2D eigenvalue weighted by Gasteiger charge is 2.07. The Morgan fingerprint density at radius 2 is 1.95 bits per heavy atom. The molecule has 0 atom stereocenters. The van der Waals surface area contributed by atoms with E-state index in [1.54, 1.807) is 12.3 Å². The van der Waals surface area contributed by atoms with E-state index in [-0.39, 0.29) is 0 Å². The van der Waals surface area contributed by atoms with Gasteiger partial charge in [0.25, 0.3) is 0 Å². The highest BCUT2D eigenvalue weighted by Crippen LogP contribution is 2.25. The second-order valence-corrected chi connectivity index (χ2v) is 4.66. The summed E-state index contributed by atoms with van der Waals surface area (Å²) in [5.41, 5.74) is 2.32. The van der Waals surface area contributed by atoms with Crippen LogP contribution in [0.15, 0.2) is 48.7 Å². The first-order valence-corrected chi connectivity index (χ1v) is 6.42. The van der Waals surface area contributed by atoms with E-state index in [9.17, 15) is 4.39 Å². The number of hydrogen-bond acceptors (Lipinski definition) is 4. The zero-order valence-electron chi connectivity index (χ0n) is 10.8. The van der Waals surface area contributed by atoms with Crippen LogP contribution in [0.25, 0.3) is 21.8 Å². The molecule has 0 fully saturated rings. The Hall–Kier alpha value is -3.02. The molecule has 0 amide bonds. The maximum absolute atomic E-state index is 13.5. The van der Waals surface area contributed by atoms with E-state index in [1.807, 2.05) is 36.4 Å². The lowest BCUT2D eigenvalue weighted by molar-refractivity contribution is 0.546. The average molecular weight is 279 g/mol. The summed E-state index contributed by atoms with van der Waals surface area (Å²) in [6.45, 7) is 0. The highest BCUT2D eigenvalue weighted by molar-refractivity contribution is 5.91. The summed E-state index contributed by atoms with van der Waals surface area (Å²) in [5, 5.41) is 11.7. The number of anilines is 2. The van der Waals surface area contributed by atoms with E-state index in [0.717, 1.165) is 22.0 Å². The largest absolute Gasteiger partial charge is 0.340 e. The van der Waals surface area contributed by atoms with Crippen molar-refractivity contribution in [3.63, 3.8) is 0 Å². The standard InChI is InChI=1S/C15H10FN5/c16-15-19-13-4-2-1-3-11(13)14(20-15)18-10-5-6-12-9(7-10)8-17-21-12/h1-8H,(H,17,21)(H,18,19,20). The monoisotopic (exact) mass is 279 g/mol. The second-order valence-electron chi connectivity index (χ2n) is 4.66. The predicted octanol–water partition coefficient (Wildman–Crippen LogP) is 3.39. The van der Waals surface area contributed by atoms with Crippen molar-refractivity contribution < 1.29 is 4.39 Å². The molecule has 0 aliphatic heterocycles. The molecule has 2 heterocycles. The molecule has 5 nitrogen and oxygen atoms in total. The minimum absolute atomic E-state index is 0.445. The zero-order chi connectivity index (χ0) is 14.2. The van der Waals surface area contributed by atoms with Crippen molar-refractivity contribution >= 4 is 33.3 Å². The first-order chi connectivity index (χ1) is 10.3. The van der Waals surface area contributed by atoms with Gasteiger partial charge in [0.15, 0.2) is 0 Å². The molecule has 6 heteroatoms. The third kappa shape index (κ3) is 2.06. The Balaban J connectivity index is 1.82. The molecule has 21 heavy (non-hydrogen) atoms. The molecule has 0 aliphatic carbocycles. The van der Waals surface area contributed by atoms with Crippen LogP contribution in [0, 0.1) is 6.08 Å². The number of nitrogens with one attached hydrogen (secondary N) is 2. The number of rotatable bonds is 2. The van der Waals surface area contributed by atoms with Crippen molar-refractivity contribution in [2.24, 2.45) is 0 Å². The SMILES string of the molecule is Fc1nc(Nc2ccc3[nH]ncc3c2)c2ccccc2n1. The fourth-order valence-electron chi connectivity index (χ4n) is 2.30. The van der Waals surface area contributed by atoms with Gasteiger partial charge in [-0.05, 0) is 30.3 Å². The topological polar surface area (TPSA) is 66.5 Å². The molecule has 4 rings (SSSR count). The number of halogens is 1. The summed E-state index contributed by atoms with van der Waals surface area (Å²) in [6, 6.07) is 13.0. The Morgan fingerprint density at radius 3 is 2.90 bits per heavy atom. The number of aromatic amines is 1. The second kappa shape index (κ2) is 4.52. The van der Waals surface area contributed by atoms with E-state index >= 15 is 0 Å². The van der Waals surface area contributed by atoms with Crippen LogP contribution in [0.5, 0.6) is 0 Å². The molecular formula is C15H10FN5. The molecule has 102 valence electrons. The van der Waals surface area contributed by atoms with Crippen LogP contribution in [0.2, 0.25) is 0 Å². The first-order valence-electron chi connectivity index (χ1n) is 6.42. The molecule has 2 N–H and O–H groups in total. The van der Waals surface area contributed by atoms with Gasteiger partial charge in [0.05, 0.1) is 17.2 Å². The summed E-state index contributed by atoms with van der Waals surface area (Å²) in [4.78, 5) is 7.64. The van der Waals surface area contributed by atoms with Crippen molar-refractivity contribution in [1.82, 2.24) is 20.2 Å². The maximum atomic E-state index is 13.5. The zero-order valence-corrected chi connectivity index (χ0v) is 10.8. The Kier molecular flexibility index (Phi) is 2.53. The summed E-state index contributed by atoms with van der Waals surface area (Å²) < 4.78 is 13.5. The molecule has 2 aromatic heterocycles. The van der Waals surface area contributed by atoms with Gasteiger partial charge in [0.2, 0.25) is 0 Å². The summed E-state index contributed by atoms with van der Waals surface area (Å²) in [7, 11) is 0.